The molecule has 0 spiro atoms. The van der Waals surface area contributed by atoms with E-state index in [4.69, 9.17) is 22.3 Å². The Morgan fingerprint density at radius 3 is 2.77 bits per heavy atom. The first-order chi connectivity index (χ1) is 12.4. The van der Waals surface area contributed by atoms with E-state index < -0.39 is 5.79 Å². The van der Waals surface area contributed by atoms with Gasteiger partial charge in [0.15, 0.2) is 11.6 Å². The van der Waals surface area contributed by atoms with Crippen LogP contribution in [-0.2, 0) is 13.5 Å². The second-order valence-electron chi connectivity index (χ2n) is 6.40. The minimum absolute atomic E-state index is 0.486. The van der Waals surface area contributed by atoms with Crippen LogP contribution in [0.25, 0.3) is 0 Å². The highest BCUT2D eigenvalue weighted by Crippen LogP contribution is 2.28. The van der Waals surface area contributed by atoms with Crippen molar-refractivity contribution in [2.45, 2.75) is 19.1 Å². The molecule has 134 valence electrons. The lowest BCUT2D eigenvalue weighted by atomic mass is 10.1. The highest BCUT2D eigenvalue weighted by Gasteiger charge is 2.33. The fourth-order valence-electron chi connectivity index (χ4n) is 2.95. The normalized spacial score (nSPS) is 18.8. The fourth-order valence-corrected chi connectivity index (χ4v) is 3.07. The van der Waals surface area contributed by atoms with Crippen molar-refractivity contribution in [3.05, 3.63) is 58.4 Å². The van der Waals surface area contributed by atoms with Gasteiger partial charge in [-0.15, -0.1) is 0 Å². The lowest BCUT2D eigenvalue weighted by Gasteiger charge is -2.32. The molecule has 0 saturated heterocycles. The van der Waals surface area contributed by atoms with E-state index in [1.165, 1.54) is 0 Å². The van der Waals surface area contributed by atoms with Crippen molar-refractivity contribution in [1.29, 1.82) is 0 Å². The van der Waals surface area contributed by atoms with Crippen molar-refractivity contribution in [1.82, 2.24) is 20.0 Å². The zero-order valence-electron chi connectivity index (χ0n) is 14.4. The smallest absolute Gasteiger partial charge is 0.189 e. The van der Waals surface area contributed by atoms with E-state index in [0.29, 0.717) is 23.1 Å². The Morgan fingerprint density at radius 2 is 2.08 bits per heavy atom. The number of amidine groups is 1. The number of nitrogens with two attached hydrogens (primary N) is 1. The summed E-state index contributed by atoms with van der Waals surface area (Å²) in [5.74, 6) is 1.07. The first kappa shape index (κ1) is 16.6. The first-order valence-electron chi connectivity index (χ1n) is 8.15. The van der Waals surface area contributed by atoms with Crippen LogP contribution in [-0.4, -0.2) is 31.6 Å². The summed E-state index contributed by atoms with van der Waals surface area (Å²) < 4.78 is 1.74. The number of hydrogen-bond donors (Lipinski definition) is 4. The Kier molecular flexibility index (Phi) is 3.93. The molecule has 0 fully saturated rings. The lowest BCUT2D eigenvalue weighted by molar-refractivity contribution is 0.496. The van der Waals surface area contributed by atoms with Gasteiger partial charge in [0.1, 0.15) is 11.7 Å². The molecule has 3 heterocycles. The monoisotopic (exact) mass is 370 g/mol. The topological polar surface area (TPSA) is 109 Å². The van der Waals surface area contributed by atoms with Gasteiger partial charge in [-0.1, -0.05) is 23.7 Å². The molecule has 3 aromatic rings. The van der Waals surface area contributed by atoms with Gasteiger partial charge in [0, 0.05) is 30.3 Å². The summed E-state index contributed by atoms with van der Waals surface area (Å²) in [5.41, 5.74) is 9.39. The average molecular weight is 371 g/mol. The van der Waals surface area contributed by atoms with E-state index in [1.54, 1.807) is 10.9 Å². The largest absolute Gasteiger partial charge is 0.333 e. The number of aromatic amines is 1. The zero-order chi connectivity index (χ0) is 18.3. The maximum absolute atomic E-state index is 6.58. The van der Waals surface area contributed by atoms with E-state index in [0.717, 1.165) is 22.6 Å². The zero-order valence-corrected chi connectivity index (χ0v) is 15.2. The summed E-state index contributed by atoms with van der Waals surface area (Å²) in [5, 5.41) is 18.6. The number of nitrogens with one attached hydrogen (secondary N) is 3. The molecule has 26 heavy (non-hydrogen) atoms. The van der Waals surface area contributed by atoms with Crippen LogP contribution in [0.2, 0.25) is 5.02 Å². The molecule has 1 aliphatic rings. The van der Waals surface area contributed by atoms with Gasteiger partial charge in [0.2, 0.25) is 0 Å². The van der Waals surface area contributed by atoms with Crippen LogP contribution in [0.1, 0.15) is 16.8 Å². The SMILES string of the molecule is Cc1cc(NC2=NC(N)(Cc3ccc(Cl)cc3)Nc3c2cnn3C)n[nH]1. The number of aliphatic imine (C=N–C) groups is 1. The molecule has 2 aromatic heterocycles. The number of aryl methyl sites for hydroxylation is 2. The molecule has 0 radical (unpaired) electrons. The van der Waals surface area contributed by atoms with Crippen molar-refractivity contribution in [2.75, 3.05) is 10.6 Å². The highest BCUT2D eigenvalue weighted by atomic mass is 35.5. The Morgan fingerprint density at radius 1 is 1.31 bits per heavy atom. The first-order valence-corrected chi connectivity index (χ1v) is 8.52. The Hall–Kier alpha value is -2.84. The highest BCUT2D eigenvalue weighted by molar-refractivity contribution is 6.30. The van der Waals surface area contributed by atoms with E-state index in [2.05, 4.69) is 25.9 Å². The van der Waals surface area contributed by atoms with Crippen LogP contribution in [0.15, 0.2) is 41.5 Å². The van der Waals surface area contributed by atoms with Crippen molar-refractivity contribution in [3.63, 3.8) is 0 Å². The fraction of sp³-hybridized carbons (Fsp3) is 0.235. The molecule has 0 aliphatic carbocycles. The standard InChI is InChI=1S/C17H19ClN8/c1-10-7-14(25-24-10)21-15-13-9-20-26(2)16(13)23-17(19,22-15)8-11-3-5-12(18)6-4-11/h3-7,9,23H,8,19H2,1-2H3,(H2,21,22,24,25). The van der Waals surface area contributed by atoms with Crippen LogP contribution in [0.4, 0.5) is 11.6 Å². The van der Waals surface area contributed by atoms with Gasteiger partial charge in [0.05, 0.1) is 11.8 Å². The van der Waals surface area contributed by atoms with Gasteiger partial charge in [-0.05, 0) is 24.6 Å². The predicted molar refractivity (Wildman–Crippen MR) is 102 cm³/mol. The molecule has 0 bridgehead atoms. The van der Waals surface area contributed by atoms with E-state index in [1.807, 2.05) is 44.3 Å². The lowest BCUT2D eigenvalue weighted by Crippen LogP contribution is -2.52. The minimum Gasteiger partial charge on any atom is -0.333 e. The third-order valence-corrected chi connectivity index (χ3v) is 4.43. The number of aromatic nitrogens is 4. The second-order valence-corrected chi connectivity index (χ2v) is 6.84. The summed E-state index contributed by atoms with van der Waals surface area (Å²) >= 11 is 5.97. The molecule has 8 nitrogen and oxygen atoms in total. The predicted octanol–water partition coefficient (Wildman–Crippen LogP) is 2.24. The van der Waals surface area contributed by atoms with Crippen LogP contribution < -0.4 is 16.4 Å². The number of H-pyrrole nitrogens is 1. The van der Waals surface area contributed by atoms with Gasteiger partial charge in [-0.25, -0.2) is 4.99 Å². The van der Waals surface area contributed by atoms with Gasteiger partial charge in [-0.2, -0.15) is 10.2 Å². The molecule has 1 unspecified atom stereocenters. The van der Waals surface area contributed by atoms with Gasteiger partial charge in [0.25, 0.3) is 0 Å². The number of hydrogen-bond acceptors (Lipinski definition) is 6. The summed E-state index contributed by atoms with van der Waals surface area (Å²) in [6.45, 7) is 1.94. The Balaban J connectivity index is 1.69. The molecule has 0 amide bonds. The molecule has 1 aromatic carbocycles. The molecule has 5 N–H and O–H groups in total. The van der Waals surface area contributed by atoms with Crippen molar-refractivity contribution in [2.24, 2.45) is 17.8 Å². The Bertz CT molecular complexity index is 971. The van der Waals surface area contributed by atoms with Crippen LogP contribution in [0.3, 0.4) is 0 Å². The molecule has 9 heteroatoms. The Labute approximate surface area is 155 Å². The molecular weight excluding hydrogens is 352 g/mol. The molecule has 4 rings (SSSR count). The van der Waals surface area contributed by atoms with Crippen LogP contribution >= 0.6 is 11.6 Å². The molecule has 0 saturated carbocycles. The van der Waals surface area contributed by atoms with Crippen LogP contribution in [0, 0.1) is 6.92 Å². The maximum atomic E-state index is 6.58. The van der Waals surface area contributed by atoms with E-state index >= 15 is 0 Å². The number of nitrogens with zero attached hydrogens (tertiary/aromatic N) is 4. The summed E-state index contributed by atoms with van der Waals surface area (Å²) in [4.78, 5) is 4.72. The molecule has 1 aliphatic heterocycles. The number of halogens is 1. The second kappa shape index (κ2) is 6.15. The number of fused-ring (bicyclic) bond motifs is 1. The minimum atomic E-state index is -1.03. The summed E-state index contributed by atoms with van der Waals surface area (Å²) in [6.07, 6.45) is 2.23. The average Bonchev–Trinajstić information content (AvgIpc) is 3.16. The third kappa shape index (κ3) is 3.16. The van der Waals surface area contributed by atoms with Crippen molar-refractivity contribution < 1.29 is 0 Å². The summed E-state index contributed by atoms with van der Waals surface area (Å²) in [6, 6.07) is 9.47. The van der Waals surface area contributed by atoms with Crippen molar-refractivity contribution >= 4 is 29.1 Å². The quantitative estimate of drug-likeness (QED) is 0.565. The van der Waals surface area contributed by atoms with E-state index in [9.17, 15) is 0 Å². The van der Waals surface area contributed by atoms with Gasteiger partial charge >= 0.3 is 0 Å². The van der Waals surface area contributed by atoms with Crippen LogP contribution in [0.5, 0.6) is 0 Å². The third-order valence-electron chi connectivity index (χ3n) is 4.18. The maximum Gasteiger partial charge on any atom is 0.189 e. The number of benzene rings is 1. The molecule has 1 atom stereocenters. The number of anilines is 2. The number of rotatable bonds is 3. The molecular formula is C17H19ClN8. The summed E-state index contributed by atoms with van der Waals surface area (Å²) in [7, 11) is 1.86. The van der Waals surface area contributed by atoms with Gasteiger partial charge < -0.3 is 10.6 Å². The van der Waals surface area contributed by atoms with E-state index in [-0.39, 0.29) is 0 Å². The van der Waals surface area contributed by atoms with Crippen molar-refractivity contribution in [3.8, 4) is 0 Å². The van der Waals surface area contributed by atoms with Gasteiger partial charge in [-0.3, -0.25) is 15.5 Å².